The van der Waals surface area contributed by atoms with E-state index in [1.54, 1.807) is 24.3 Å². The fourth-order valence-corrected chi connectivity index (χ4v) is 4.34. The second-order valence-electron chi connectivity index (χ2n) is 7.61. The maximum Gasteiger partial charge on any atom is 0.295 e. The van der Waals surface area contributed by atoms with Crippen molar-refractivity contribution in [2.24, 2.45) is 0 Å². The standard InChI is InChI=1S/C25H29ClN2O5/c1-5-27(6-2)13-14-28-22(17-9-7-8-10-19(17)32-3)21(24(30)25(28)31)23(29)16-11-12-20(33-4)18(26)15-16/h7-12,15,22,29H,5-6,13-14H2,1-4H3/b23-21+. The maximum absolute atomic E-state index is 13.2. The van der Waals surface area contributed by atoms with Crippen molar-refractivity contribution in [1.82, 2.24) is 9.80 Å². The van der Waals surface area contributed by atoms with E-state index in [0.717, 1.165) is 13.1 Å². The Bertz CT molecular complexity index is 1060. The minimum Gasteiger partial charge on any atom is -0.507 e. The summed E-state index contributed by atoms with van der Waals surface area (Å²) in [4.78, 5) is 30.0. The molecule has 0 spiro atoms. The second kappa shape index (κ2) is 10.7. The van der Waals surface area contributed by atoms with Crippen LogP contribution < -0.4 is 9.47 Å². The molecule has 1 fully saturated rings. The Kier molecular flexibility index (Phi) is 8.00. The van der Waals surface area contributed by atoms with Crippen LogP contribution in [-0.2, 0) is 9.59 Å². The van der Waals surface area contributed by atoms with Crippen LogP contribution in [0.15, 0.2) is 48.0 Å². The lowest BCUT2D eigenvalue weighted by atomic mass is 9.94. The van der Waals surface area contributed by atoms with E-state index in [0.29, 0.717) is 35.7 Å². The van der Waals surface area contributed by atoms with E-state index in [2.05, 4.69) is 4.90 Å². The monoisotopic (exact) mass is 472 g/mol. The number of para-hydroxylation sites is 1. The summed E-state index contributed by atoms with van der Waals surface area (Å²) in [7, 11) is 3.02. The SMILES string of the molecule is CCN(CC)CCN1C(=O)C(=O)/C(=C(/O)c2ccc(OC)c(Cl)c2)C1c1ccccc1OC. The van der Waals surface area contributed by atoms with Gasteiger partial charge in [0.05, 0.1) is 30.9 Å². The van der Waals surface area contributed by atoms with Gasteiger partial charge in [-0.2, -0.15) is 0 Å². The molecule has 1 aliphatic rings. The lowest BCUT2D eigenvalue weighted by molar-refractivity contribution is -0.140. The molecule has 0 radical (unpaired) electrons. The molecule has 1 N–H and O–H groups in total. The van der Waals surface area contributed by atoms with Crippen LogP contribution in [0.5, 0.6) is 11.5 Å². The first-order valence-electron chi connectivity index (χ1n) is 10.8. The van der Waals surface area contributed by atoms with Gasteiger partial charge >= 0.3 is 0 Å². The predicted molar refractivity (Wildman–Crippen MR) is 128 cm³/mol. The lowest BCUT2D eigenvalue weighted by Gasteiger charge is -2.29. The number of carbonyl (C=O) groups excluding carboxylic acids is 2. The minimum absolute atomic E-state index is 0.00489. The third-order valence-corrected chi connectivity index (χ3v) is 6.25. The second-order valence-corrected chi connectivity index (χ2v) is 8.02. The third-order valence-electron chi connectivity index (χ3n) is 5.95. The van der Waals surface area contributed by atoms with Crippen molar-refractivity contribution in [1.29, 1.82) is 0 Å². The highest BCUT2D eigenvalue weighted by Gasteiger charge is 2.47. The van der Waals surface area contributed by atoms with Crippen molar-refractivity contribution in [3.63, 3.8) is 0 Å². The van der Waals surface area contributed by atoms with Crippen molar-refractivity contribution in [3.05, 3.63) is 64.2 Å². The van der Waals surface area contributed by atoms with Gasteiger partial charge in [0.1, 0.15) is 17.3 Å². The normalized spacial score (nSPS) is 17.6. The zero-order chi connectivity index (χ0) is 24.1. The van der Waals surface area contributed by atoms with Crippen LogP contribution in [0.1, 0.15) is 31.0 Å². The molecule has 1 unspecified atom stereocenters. The third kappa shape index (κ3) is 4.84. The van der Waals surface area contributed by atoms with Gasteiger partial charge in [0.2, 0.25) is 0 Å². The zero-order valence-electron chi connectivity index (χ0n) is 19.3. The molecule has 1 saturated heterocycles. The summed E-state index contributed by atoms with van der Waals surface area (Å²) in [6, 6.07) is 11.1. The highest BCUT2D eigenvalue weighted by Crippen LogP contribution is 2.43. The molecule has 7 nitrogen and oxygen atoms in total. The Hall–Kier alpha value is -3.03. The van der Waals surface area contributed by atoms with Crippen molar-refractivity contribution >= 4 is 29.1 Å². The molecule has 8 heteroatoms. The maximum atomic E-state index is 13.2. The quantitative estimate of drug-likeness (QED) is 0.336. The van der Waals surface area contributed by atoms with Crippen LogP contribution in [-0.4, -0.2) is 67.0 Å². The molecule has 33 heavy (non-hydrogen) atoms. The average molecular weight is 473 g/mol. The van der Waals surface area contributed by atoms with E-state index in [1.165, 1.54) is 25.2 Å². The number of halogens is 1. The fourth-order valence-electron chi connectivity index (χ4n) is 4.08. The number of aliphatic hydroxyl groups is 1. The summed E-state index contributed by atoms with van der Waals surface area (Å²) in [6.45, 7) is 6.66. The number of methoxy groups -OCH3 is 2. The summed E-state index contributed by atoms with van der Waals surface area (Å²) < 4.78 is 10.7. The Morgan fingerprint density at radius 2 is 1.73 bits per heavy atom. The molecule has 1 atom stereocenters. The van der Waals surface area contributed by atoms with Gasteiger partial charge in [-0.1, -0.05) is 43.6 Å². The summed E-state index contributed by atoms with van der Waals surface area (Å²) in [5, 5.41) is 11.5. The molecule has 0 aromatic heterocycles. The van der Waals surface area contributed by atoms with E-state index in [1.807, 2.05) is 26.0 Å². The predicted octanol–water partition coefficient (Wildman–Crippen LogP) is 4.12. The van der Waals surface area contributed by atoms with Crippen LogP contribution in [0.3, 0.4) is 0 Å². The van der Waals surface area contributed by atoms with E-state index in [9.17, 15) is 14.7 Å². The van der Waals surface area contributed by atoms with Crippen LogP contribution >= 0.6 is 11.6 Å². The van der Waals surface area contributed by atoms with Crippen molar-refractivity contribution in [2.75, 3.05) is 40.4 Å². The van der Waals surface area contributed by atoms with Crippen molar-refractivity contribution in [3.8, 4) is 11.5 Å². The van der Waals surface area contributed by atoms with Gasteiger partial charge in [0.15, 0.2) is 0 Å². The molecule has 0 saturated carbocycles. The number of Topliss-reactive ketones (excluding diaryl/α,β-unsaturated/α-hetero) is 1. The number of amides is 1. The molecule has 2 aromatic carbocycles. The van der Waals surface area contributed by atoms with Crippen molar-refractivity contribution < 1.29 is 24.2 Å². The van der Waals surface area contributed by atoms with Gasteiger partial charge in [0, 0.05) is 24.2 Å². The number of carbonyl (C=O) groups is 2. The van der Waals surface area contributed by atoms with Crippen LogP contribution in [0.4, 0.5) is 0 Å². The first-order valence-corrected chi connectivity index (χ1v) is 11.2. The summed E-state index contributed by atoms with van der Waals surface area (Å²) in [6.07, 6.45) is 0. The number of hydrogen-bond acceptors (Lipinski definition) is 6. The zero-order valence-corrected chi connectivity index (χ0v) is 20.1. The highest BCUT2D eigenvalue weighted by molar-refractivity contribution is 6.46. The largest absolute Gasteiger partial charge is 0.507 e. The average Bonchev–Trinajstić information content (AvgIpc) is 3.08. The smallest absolute Gasteiger partial charge is 0.295 e. The molecular weight excluding hydrogens is 444 g/mol. The van der Waals surface area contributed by atoms with E-state index >= 15 is 0 Å². The lowest BCUT2D eigenvalue weighted by Crippen LogP contribution is -2.38. The van der Waals surface area contributed by atoms with Gasteiger partial charge in [-0.3, -0.25) is 9.59 Å². The molecule has 0 aliphatic carbocycles. The first kappa shape index (κ1) is 24.6. The molecule has 2 aromatic rings. The topological polar surface area (TPSA) is 79.3 Å². The molecule has 3 rings (SSSR count). The van der Waals surface area contributed by atoms with E-state index in [4.69, 9.17) is 21.1 Å². The molecule has 176 valence electrons. The molecule has 1 heterocycles. The number of hydrogen-bond donors (Lipinski definition) is 1. The number of likely N-dealkylation sites (N-methyl/N-ethyl adjacent to an activating group) is 1. The number of likely N-dealkylation sites (tertiary alicyclic amines) is 1. The molecule has 1 aliphatic heterocycles. The van der Waals surface area contributed by atoms with Crippen LogP contribution in [0.25, 0.3) is 5.76 Å². The Morgan fingerprint density at radius 1 is 1.06 bits per heavy atom. The summed E-state index contributed by atoms with van der Waals surface area (Å²) >= 11 is 6.25. The Balaban J connectivity index is 2.16. The number of aliphatic hydroxyl groups excluding tert-OH is 1. The number of rotatable bonds is 9. The van der Waals surface area contributed by atoms with Crippen LogP contribution in [0, 0.1) is 0 Å². The Morgan fingerprint density at radius 3 is 2.33 bits per heavy atom. The molecule has 1 amide bonds. The number of ether oxygens (including phenoxy) is 2. The van der Waals surface area contributed by atoms with Crippen LogP contribution in [0.2, 0.25) is 5.02 Å². The van der Waals surface area contributed by atoms with E-state index in [-0.39, 0.29) is 16.4 Å². The summed E-state index contributed by atoms with van der Waals surface area (Å²) in [5.41, 5.74) is 0.952. The van der Waals surface area contributed by atoms with E-state index < -0.39 is 17.7 Å². The molecule has 0 bridgehead atoms. The van der Waals surface area contributed by atoms with Gasteiger partial charge < -0.3 is 24.4 Å². The van der Waals surface area contributed by atoms with Gasteiger partial charge in [0.25, 0.3) is 11.7 Å². The van der Waals surface area contributed by atoms with Gasteiger partial charge in [-0.15, -0.1) is 0 Å². The number of benzene rings is 2. The highest BCUT2D eigenvalue weighted by atomic mass is 35.5. The fraction of sp³-hybridized carbons (Fsp3) is 0.360. The van der Waals surface area contributed by atoms with Gasteiger partial charge in [-0.25, -0.2) is 0 Å². The van der Waals surface area contributed by atoms with Crippen molar-refractivity contribution in [2.45, 2.75) is 19.9 Å². The summed E-state index contributed by atoms with van der Waals surface area (Å²) in [5.74, 6) is -0.724. The Labute approximate surface area is 199 Å². The molecular formula is C25H29ClN2O5. The van der Waals surface area contributed by atoms with Gasteiger partial charge in [-0.05, 0) is 37.4 Å². The minimum atomic E-state index is -0.794. The first-order chi connectivity index (χ1) is 15.9. The number of nitrogens with zero attached hydrogens (tertiary/aromatic N) is 2. The number of ketones is 1.